The van der Waals surface area contributed by atoms with Crippen molar-refractivity contribution < 1.29 is 5.11 Å². The van der Waals surface area contributed by atoms with E-state index in [2.05, 4.69) is 5.10 Å². The van der Waals surface area contributed by atoms with E-state index in [4.69, 9.17) is 0 Å². The fourth-order valence-corrected chi connectivity index (χ4v) is 0.960. The van der Waals surface area contributed by atoms with E-state index in [0.29, 0.717) is 0 Å². The molecule has 0 fully saturated rings. The lowest BCUT2D eigenvalue weighted by molar-refractivity contribution is 0.173. The number of aryl methyl sites for hydroxylation is 1. The summed E-state index contributed by atoms with van der Waals surface area (Å²) in [4.78, 5) is 0. The summed E-state index contributed by atoms with van der Waals surface area (Å²) < 4.78 is 1.81. The molecule has 1 N–H and O–H groups in total. The van der Waals surface area contributed by atoms with Gasteiger partial charge in [0, 0.05) is 18.3 Å². The average molecular weight is 154 g/mol. The molecule has 0 amide bonds. The molecule has 0 aromatic carbocycles. The highest BCUT2D eigenvalue weighted by molar-refractivity contribution is 5.07. The Labute approximate surface area is 66.7 Å². The monoisotopic (exact) mass is 154 g/mol. The molecular formula is C8H14N2O. The largest absolute Gasteiger partial charge is 0.388 e. The van der Waals surface area contributed by atoms with Crippen LogP contribution in [0.1, 0.15) is 31.9 Å². The van der Waals surface area contributed by atoms with Gasteiger partial charge < -0.3 is 5.11 Å². The first-order chi connectivity index (χ1) is 5.27. The Hall–Kier alpha value is -0.830. The van der Waals surface area contributed by atoms with E-state index in [9.17, 15) is 5.11 Å². The molecule has 0 aliphatic rings. The molecular weight excluding hydrogens is 140 g/mol. The molecule has 0 saturated carbocycles. The maximum Gasteiger partial charge on any atom is 0.0817 e. The molecule has 1 atom stereocenters. The van der Waals surface area contributed by atoms with Crippen molar-refractivity contribution in [3.8, 4) is 0 Å². The van der Waals surface area contributed by atoms with Gasteiger partial charge in [0.1, 0.15) is 0 Å². The summed E-state index contributed by atoms with van der Waals surface area (Å²) in [6.45, 7) is 4.83. The van der Waals surface area contributed by atoms with E-state index in [1.165, 1.54) is 0 Å². The van der Waals surface area contributed by atoms with Crippen molar-refractivity contribution in [2.45, 2.75) is 32.9 Å². The molecule has 0 bridgehead atoms. The predicted molar refractivity (Wildman–Crippen MR) is 43.2 cm³/mol. The van der Waals surface area contributed by atoms with Crippen molar-refractivity contribution >= 4 is 0 Å². The third kappa shape index (κ3) is 1.80. The van der Waals surface area contributed by atoms with Crippen LogP contribution in [0.3, 0.4) is 0 Å². The zero-order valence-electron chi connectivity index (χ0n) is 6.99. The Kier molecular flexibility index (Phi) is 2.65. The maximum atomic E-state index is 9.38. The van der Waals surface area contributed by atoms with E-state index in [1.54, 1.807) is 6.20 Å². The molecule has 1 rings (SSSR count). The van der Waals surface area contributed by atoms with Crippen LogP contribution in [-0.2, 0) is 6.54 Å². The summed E-state index contributed by atoms with van der Waals surface area (Å²) in [6, 6.07) is 0. The highest BCUT2D eigenvalue weighted by atomic mass is 16.3. The molecule has 3 nitrogen and oxygen atoms in total. The van der Waals surface area contributed by atoms with Gasteiger partial charge in [-0.3, -0.25) is 4.68 Å². The Morgan fingerprint density at radius 3 is 2.82 bits per heavy atom. The van der Waals surface area contributed by atoms with Gasteiger partial charge in [-0.1, -0.05) is 6.92 Å². The number of aliphatic hydroxyl groups is 1. The van der Waals surface area contributed by atoms with Gasteiger partial charge in [-0.15, -0.1) is 0 Å². The van der Waals surface area contributed by atoms with Crippen LogP contribution in [0.25, 0.3) is 0 Å². The summed E-state index contributed by atoms with van der Waals surface area (Å²) in [5, 5.41) is 13.4. The van der Waals surface area contributed by atoms with Crippen LogP contribution in [0.4, 0.5) is 0 Å². The van der Waals surface area contributed by atoms with Gasteiger partial charge in [0.15, 0.2) is 0 Å². The molecule has 11 heavy (non-hydrogen) atoms. The quantitative estimate of drug-likeness (QED) is 0.713. The average Bonchev–Trinajstić information content (AvgIpc) is 2.50. The molecule has 0 radical (unpaired) electrons. The Balaban J connectivity index is 2.71. The molecule has 1 heterocycles. The van der Waals surface area contributed by atoms with Crippen LogP contribution in [0.5, 0.6) is 0 Å². The van der Waals surface area contributed by atoms with Crippen LogP contribution in [-0.4, -0.2) is 14.9 Å². The number of rotatable bonds is 3. The van der Waals surface area contributed by atoms with Crippen LogP contribution >= 0.6 is 0 Å². The predicted octanol–water partition coefficient (Wildman–Crippen LogP) is 1.35. The van der Waals surface area contributed by atoms with Gasteiger partial charge in [-0.05, 0) is 13.3 Å². The molecule has 1 aromatic heterocycles. The van der Waals surface area contributed by atoms with Crippen LogP contribution in [0.15, 0.2) is 12.4 Å². The highest BCUT2D eigenvalue weighted by Gasteiger charge is 2.05. The lowest BCUT2D eigenvalue weighted by Crippen LogP contribution is -1.94. The topological polar surface area (TPSA) is 38.1 Å². The Morgan fingerprint density at radius 1 is 1.64 bits per heavy atom. The SMILES string of the molecule is CC[C@@H](O)c1cnn(CC)c1. The van der Waals surface area contributed by atoms with Crippen LogP contribution in [0.2, 0.25) is 0 Å². The Bertz CT molecular complexity index is 220. The first kappa shape index (κ1) is 8.27. The van der Waals surface area contributed by atoms with Crippen molar-refractivity contribution in [3.63, 3.8) is 0 Å². The third-order valence-electron chi connectivity index (χ3n) is 1.75. The van der Waals surface area contributed by atoms with E-state index in [1.807, 2.05) is 24.7 Å². The first-order valence-electron chi connectivity index (χ1n) is 3.98. The van der Waals surface area contributed by atoms with Crippen LogP contribution < -0.4 is 0 Å². The minimum absolute atomic E-state index is 0.352. The number of hydrogen-bond donors (Lipinski definition) is 1. The van der Waals surface area contributed by atoms with Gasteiger partial charge in [0.25, 0.3) is 0 Å². The fraction of sp³-hybridized carbons (Fsp3) is 0.625. The number of nitrogens with zero attached hydrogens (tertiary/aromatic N) is 2. The lowest BCUT2D eigenvalue weighted by atomic mass is 10.2. The van der Waals surface area contributed by atoms with E-state index < -0.39 is 0 Å². The molecule has 62 valence electrons. The van der Waals surface area contributed by atoms with Gasteiger partial charge in [0.05, 0.1) is 12.3 Å². The van der Waals surface area contributed by atoms with Gasteiger partial charge >= 0.3 is 0 Å². The zero-order valence-corrected chi connectivity index (χ0v) is 6.99. The fourth-order valence-electron chi connectivity index (χ4n) is 0.960. The summed E-state index contributed by atoms with van der Waals surface area (Å²) >= 11 is 0. The van der Waals surface area contributed by atoms with Crippen molar-refractivity contribution in [1.29, 1.82) is 0 Å². The molecule has 0 saturated heterocycles. The second-order valence-corrected chi connectivity index (χ2v) is 2.55. The van der Waals surface area contributed by atoms with Gasteiger partial charge in [0.2, 0.25) is 0 Å². The standard InChI is InChI=1S/C8H14N2O/c1-3-8(11)7-5-9-10(4-2)6-7/h5-6,8,11H,3-4H2,1-2H3/t8-/m1/s1. The maximum absolute atomic E-state index is 9.38. The molecule has 0 aliphatic carbocycles. The van der Waals surface area contributed by atoms with E-state index in [0.717, 1.165) is 18.5 Å². The third-order valence-corrected chi connectivity index (χ3v) is 1.75. The highest BCUT2D eigenvalue weighted by Crippen LogP contribution is 2.14. The molecule has 1 aromatic rings. The minimum Gasteiger partial charge on any atom is -0.388 e. The molecule has 0 unspecified atom stereocenters. The summed E-state index contributed by atoms with van der Waals surface area (Å²) in [6.07, 6.45) is 4.00. The second-order valence-electron chi connectivity index (χ2n) is 2.55. The Morgan fingerprint density at radius 2 is 2.36 bits per heavy atom. The lowest BCUT2D eigenvalue weighted by Gasteiger charge is -2.01. The van der Waals surface area contributed by atoms with Crippen molar-refractivity contribution in [1.82, 2.24) is 9.78 Å². The summed E-state index contributed by atoms with van der Waals surface area (Å²) in [5.74, 6) is 0. The zero-order chi connectivity index (χ0) is 8.27. The smallest absolute Gasteiger partial charge is 0.0817 e. The number of aliphatic hydroxyl groups excluding tert-OH is 1. The van der Waals surface area contributed by atoms with E-state index >= 15 is 0 Å². The summed E-state index contributed by atoms with van der Waals surface area (Å²) in [5.41, 5.74) is 0.911. The number of aromatic nitrogens is 2. The van der Waals surface area contributed by atoms with Crippen molar-refractivity contribution in [2.75, 3.05) is 0 Å². The number of hydrogen-bond acceptors (Lipinski definition) is 2. The van der Waals surface area contributed by atoms with Crippen LogP contribution in [0, 0.1) is 0 Å². The van der Waals surface area contributed by atoms with Gasteiger partial charge in [-0.2, -0.15) is 5.10 Å². The van der Waals surface area contributed by atoms with Crippen molar-refractivity contribution in [3.05, 3.63) is 18.0 Å². The second kappa shape index (κ2) is 3.53. The molecule has 0 aliphatic heterocycles. The molecule has 3 heteroatoms. The molecule has 0 spiro atoms. The summed E-state index contributed by atoms with van der Waals surface area (Å²) in [7, 11) is 0. The first-order valence-corrected chi connectivity index (χ1v) is 3.98. The normalized spacial score (nSPS) is 13.4. The van der Waals surface area contributed by atoms with E-state index in [-0.39, 0.29) is 6.10 Å². The van der Waals surface area contributed by atoms with Crippen molar-refractivity contribution in [2.24, 2.45) is 0 Å². The van der Waals surface area contributed by atoms with Gasteiger partial charge in [-0.25, -0.2) is 0 Å². The minimum atomic E-state index is -0.352.